The van der Waals surface area contributed by atoms with Gasteiger partial charge in [0.05, 0.1) is 7.11 Å². The molecule has 1 N–H and O–H groups in total. The lowest BCUT2D eigenvalue weighted by Crippen LogP contribution is -2.21. The van der Waals surface area contributed by atoms with Crippen molar-refractivity contribution in [2.24, 2.45) is 0 Å². The van der Waals surface area contributed by atoms with E-state index < -0.39 is 0 Å². The number of benzene rings is 1. The summed E-state index contributed by atoms with van der Waals surface area (Å²) in [6, 6.07) is 11.8. The second-order valence-electron chi connectivity index (χ2n) is 4.82. The Kier molecular flexibility index (Phi) is 4.96. The first kappa shape index (κ1) is 14.3. The summed E-state index contributed by atoms with van der Waals surface area (Å²) in [5.74, 6) is 2.13. The van der Waals surface area contributed by atoms with Gasteiger partial charge in [0, 0.05) is 24.8 Å². The number of hydrogen-bond acceptors (Lipinski definition) is 4. The zero-order valence-electron chi connectivity index (χ0n) is 12.1. The van der Waals surface area contributed by atoms with E-state index in [-0.39, 0.29) is 0 Å². The minimum atomic E-state index is 0.463. The summed E-state index contributed by atoms with van der Waals surface area (Å²) in [6.45, 7) is 5.05. The number of nitrogens with one attached hydrogen (secondary N) is 1. The van der Waals surface area contributed by atoms with Crippen molar-refractivity contribution >= 4 is 0 Å². The van der Waals surface area contributed by atoms with E-state index in [1.54, 1.807) is 7.11 Å². The molecule has 2 aromatic rings. The molecule has 2 rings (SSSR count). The molecule has 1 aromatic carbocycles. The van der Waals surface area contributed by atoms with Crippen LogP contribution in [0, 0.1) is 0 Å². The molecule has 0 aliphatic rings. The van der Waals surface area contributed by atoms with E-state index in [9.17, 15) is 0 Å². The largest absolute Gasteiger partial charge is 0.497 e. The Labute approximate surface area is 119 Å². The summed E-state index contributed by atoms with van der Waals surface area (Å²) >= 11 is 0. The fraction of sp³-hybridized carbons (Fsp3) is 0.312. The van der Waals surface area contributed by atoms with Crippen molar-refractivity contribution in [3.63, 3.8) is 0 Å². The van der Waals surface area contributed by atoms with Crippen LogP contribution in [-0.2, 0) is 6.54 Å². The van der Waals surface area contributed by atoms with Gasteiger partial charge in [0.15, 0.2) is 0 Å². The summed E-state index contributed by atoms with van der Waals surface area (Å²) in [7, 11) is 1.64. The lowest BCUT2D eigenvalue weighted by molar-refractivity contribution is 0.412. The molecule has 0 bridgehead atoms. The van der Waals surface area contributed by atoms with Crippen molar-refractivity contribution in [3.05, 3.63) is 48.2 Å². The highest BCUT2D eigenvalue weighted by atomic mass is 16.5. The molecule has 4 heteroatoms. The SMILES string of the molecule is COc1ccc(Oc2ccc(CNC(C)C)cn2)cc1. The number of rotatable bonds is 6. The van der Waals surface area contributed by atoms with Crippen molar-refractivity contribution in [2.45, 2.75) is 26.4 Å². The molecule has 0 amide bonds. The number of methoxy groups -OCH3 is 1. The third kappa shape index (κ3) is 4.24. The average Bonchev–Trinajstić information content (AvgIpc) is 2.47. The molecule has 0 fully saturated rings. The van der Waals surface area contributed by atoms with E-state index >= 15 is 0 Å². The highest BCUT2D eigenvalue weighted by molar-refractivity contribution is 5.33. The van der Waals surface area contributed by atoms with Crippen LogP contribution in [0.5, 0.6) is 17.4 Å². The van der Waals surface area contributed by atoms with Gasteiger partial charge in [0.1, 0.15) is 11.5 Å². The van der Waals surface area contributed by atoms with Gasteiger partial charge in [-0.05, 0) is 29.8 Å². The minimum absolute atomic E-state index is 0.463. The van der Waals surface area contributed by atoms with Gasteiger partial charge in [-0.25, -0.2) is 4.98 Å². The van der Waals surface area contributed by atoms with E-state index in [1.807, 2.05) is 42.6 Å². The first-order valence-corrected chi connectivity index (χ1v) is 6.67. The Morgan fingerprint density at radius 2 is 1.75 bits per heavy atom. The van der Waals surface area contributed by atoms with Crippen LogP contribution in [0.15, 0.2) is 42.6 Å². The highest BCUT2D eigenvalue weighted by Gasteiger charge is 2.01. The highest BCUT2D eigenvalue weighted by Crippen LogP contribution is 2.22. The van der Waals surface area contributed by atoms with Crippen LogP contribution in [0.3, 0.4) is 0 Å². The quantitative estimate of drug-likeness (QED) is 0.875. The Hall–Kier alpha value is -2.07. The second-order valence-corrected chi connectivity index (χ2v) is 4.82. The van der Waals surface area contributed by atoms with Crippen LogP contribution in [0.2, 0.25) is 0 Å². The van der Waals surface area contributed by atoms with Gasteiger partial charge in [-0.15, -0.1) is 0 Å². The van der Waals surface area contributed by atoms with Crippen LogP contribution in [0.1, 0.15) is 19.4 Å². The maximum absolute atomic E-state index is 5.67. The van der Waals surface area contributed by atoms with Gasteiger partial charge in [-0.3, -0.25) is 0 Å². The lowest BCUT2D eigenvalue weighted by Gasteiger charge is -2.09. The maximum Gasteiger partial charge on any atom is 0.219 e. The van der Waals surface area contributed by atoms with Crippen LogP contribution in [0.25, 0.3) is 0 Å². The van der Waals surface area contributed by atoms with E-state index in [1.165, 1.54) is 0 Å². The summed E-state index contributed by atoms with van der Waals surface area (Å²) in [6.07, 6.45) is 1.83. The number of ether oxygens (including phenoxy) is 2. The normalized spacial score (nSPS) is 10.6. The van der Waals surface area contributed by atoms with Crippen LogP contribution in [-0.4, -0.2) is 18.1 Å². The molecule has 0 unspecified atom stereocenters. The van der Waals surface area contributed by atoms with Gasteiger partial charge in [-0.1, -0.05) is 19.9 Å². The molecular formula is C16H20N2O2. The van der Waals surface area contributed by atoms with E-state index in [0.717, 1.165) is 23.6 Å². The van der Waals surface area contributed by atoms with Crippen molar-refractivity contribution in [2.75, 3.05) is 7.11 Å². The number of pyridine rings is 1. The number of aromatic nitrogens is 1. The maximum atomic E-state index is 5.67. The van der Waals surface area contributed by atoms with Crippen LogP contribution in [0.4, 0.5) is 0 Å². The molecule has 0 saturated heterocycles. The third-order valence-electron chi connectivity index (χ3n) is 2.79. The predicted molar refractivity (Wildman–Crippen MR) is 79.3 cm³/mol. The van der Waals surface area contributed by atoms with Crippen molar-refractivity contribution in [1.29, 1.82) is 0 Å². The molecule has 1 aromatic heterocycles. The number of hydrogen-bond donors (Lipinski definition) is 1. The molecule has 0 radical (unpaired) electrons. The van der Waals surface area contributed by atoms with E-state index in [2.05, 4.69) is 24.1 Å². The van der Waals surface area contributed by atoms with E-state index in [4.69, 9.17) is 9.47 Å². The molecule has 0 saturated carbocycles. The number of nitrogens with zero attached hydrogens (tertiary/aromatic N) is 1. The zero-order valence-corrected chi connectivity index (χ0v) is 12.1. The van der Waals surface area contributed by atoms with Crippen molar-refractivity contribution < 1.29 is 9.47 Å². The fourth-order valence-corrected chi connectivity index (χ4v) is 1.66. The Morgan fingerprint density at radius 3 is 2.30 bits per heavy atom. The monoisotopic (exact) mass is 272 g/mol. The molecule has 0 aliphatic heterocycles. The lowest BCUT2D eigenvalue weighted by atomic mass is 10.2. The first-order chi connectivity index (χ1) is 9.67. The van der Waals surface area contributed by atoms with Gasteiger partial charge in [0.25, 0.3) is 0 Å². The van der Waals surface area contributed by atoms with Gasteiger partial charge < -0.3 is 14.8 Å². The second kappa shape index (κ2) is 6.91. The van der Waals surface area contributed by atoms with Gasteiger partial charge >= 0.3 is 0 Å². The first-order valence-electron chi connectivity index (χ1n) is 6.67. The molecule has 4 nitrogen and oxygen atoms in total. The minimum Gasteiger partial charge on any atom is -0.497 e. The van der Waals surface area contributed by atoms with Gasteiger partial charge in [-0.2, -0.15) is 0 Å². The third-order valence-corrected chi connectivity index (χ3v) is 2.79. The Balaban J connectivity index is 1.95. The molecular weight excluding hydrogens is 252 g/mol. The summed E-state index contributed by atoms with van der Waals surface area (Å²) in [5.41, 5.74) is 1.14. The summed E-state index contributed by atoms with van der Waals surface area (Å²) < 4.78 is 10.8. The smallest absolute Gasteiger partial charge is 0.219 e. The topological polar surface area (TPSA) is 43.4 Å². The molecule has 0 aliphatic carbocycles. The van der Waals surface area contributed by atoms with E-state index in [0.29, 0.717) is 11.9 Å². The van der Waals surface area contributed by atoms with Crippen molar-refractivity contribution in [3.8, 4) is 17.4 Å². The van der Waals surface area contributed by atoms with Crippen LogP contribution < -0.4 is 14.8 Å². The predicted octanol–water partition coefficient (Wildman–Crippen LogP) is 3.38. The van der Waals surface area contributed by atoms with Crippen LogP contribution >= 0.6 is 0 Å². The average molecular weight is 272 g/mol. The Bertz CT molecular complexity index is 521. The van der Waals surface area contributed by atoms with Crippen molar-refractivity contribution in [1.82, 2.24) is 10.3 Å². The Morgan fingerprint density at radius 1 is 1.05 bits per heavy atom. The summed E-state index contributed by atoms with van der Waals surface area (Å²) in [5, 5.41) is 3.35. The molecule has 20 heavy (non-hydrogen) atoms. The molecule has 0 atom stereocenters. The molecule has 106 valence electrons. The summed E-state index contributed by atoms with van der Waals surface area (Å²) in [4.78, 5) is 4.30. The molecule has 1 heterocycles. The standard InChI is InChI=1S/C16H20N2O2/c1-12(2)17-10-13-4-9-16(18-11-13)20-15-7-5-14(19-3)6-8-15/h4-9,11-12,17H,10H2,1-3H3. The zero-order chi connectivity index (χ0) is 14.4. The van der Waals surface area contributed by atoms with Gasteiger partial charge in [0.2, 0.25) is 5.88 Å². The fourth-order valence-electron chi connectivity index (χ4n) is 1.66. The molecule has 0 spiro atoms.